The van der Waals surface area contributed by atoms with Gasteiger partial charge in [-0.15, -0.1) is 0 Å². The smallest absolute Gasteiger partial charge is 0.167 e. The quantitative estimate of drug-likeness (QED) is 0.876. The van der Waals surface area contributed by atoms with Gasteiger partial charge in [0, 0.05) is 11.8 Å². The molecule has 21 heavy (non-hydrogen) atoms. The van der Waals surface area contributed by atoms with Gasteiger partial charge in [-0.1, -0.05) is 6.07 Å². The Morgan fingerprint density at radius 1 is 1.24 bits per heavy atom. The summed E-state index contributed by atoms with van der Waals surface area (Å²) >= 11 is 0. The van der Waals surface area contributed by atoms with E-state index in [2.05, 4.69) is 0 Å². The van der Waals surface area contributed by atoms with Gasteiger partial charge in [-0.2, -0.15) is 5.26 Å². The third-order valence-corrected chi connectivity index (χ3v) is 3.10. The summed E-state index contributed by atoms with van der Waals surface area (Å²) in [5.74, 6) is 0.124. The fraction of sp³-hybridized carbons (Fsp3) is 0.188. The van der Waals surface area contributed by atoms with Gasteiger partial charge in [-0.05, 0) is 36.2 Å². The molecule has 0 saturated heterocycles. The maximum absolute atomic E-state index is 13.7. The molecule has 0 saturated carbocycles. The molecule has 0 aliphatic heterocycles. The van der Waals surface area contributed by atoms with E-state index >= 15 is 0 Å². The standard InChI is InChI=1S/C16H15FN2O2/c1-10-5-16(13(17)7-14(10)19)21-9-11-3-4-15(20-2)12(6-11)8-18/h3-7H,9,19H2,1-2H3. The van der Waals surface area contributed by atoms with E-state index in [-0.39, 0.29) is 12.4 Å². The Labute approximate surface area is 122 Å². The van der Waals surface area contributed by atoms with Crippen LogP contribution in [0.2, 0.25) is 0 Å². The van der Waals surface area contributed by atoms with Gasteiger partial charge in [-0.25, -0.2) is 4.39 Å². The Hall–Kier alpha value is -2.74. The van der Waals surface area contributed by atoms with Gasteiger partial charge in [0.2, 0.25) is 0 Å². The minimum absolute atomic E-state index is 0.135. The zero-order valence-electron chi connectivity index (χ0n) is 11.8. The second kappa shape index (κ2) is 6.14. The number of nitrogens with zero attached hydrogens (tertiary/aromatic N) is 1. The predicted molar refractivity (Wildman–Crippen MR) is 77.6 cm³/mol. The lowest BCUT2D eigenvalue weighted by Crippen LogP contribution is -2.00. The molecular weight excluding hydrogens is 271 g/mol. The third-order valence-electron chi connectivity index (χ3n) is 3.10. The van der Waals surface area contributed by atoms with E-state index in [4.69, 9.17) is 20.5 Å². The maximum Gasteiger partial charge on any atom is 0.167 e. The highest BCUT2D eigenvalue weighted by atomic mass is 19.1. The van der Waals surface area contributed by atoms with Crippen LogP contribution >= 0.6 is 0 Å². The van der Waals surface area contributed by atoms with Crippen molar-refractivity contribution in [2.45, 2.75) is 13.5 Å². The molecule has 2 rings (SSSR count). The van der Waals surface area contributed by atoms with Crippen LogP contribution in [0, 0.1) is 24.1 Å². The van der Waals surface area contributed by atoms with E-state index in [1.807, 2.05) is 6.07 Å². The van der Waals surface area contributed by atoms with Crippen molar-refractivity contribution < 1.29 is 13.9 Å². The van der Waals surface area contributed by atoms with Gasteiger partial charge in [0.15, 0.2) is 11.6 Å². The minimum Gasteiger partial charge on any atom is -0.495 e. The number of hydrogen-bond donors (Lipinski definition) is 1. The summed E-state index contributed by atoms with van der Waals surface area (Å²) in [6.07, 6.45) is 0. The van der Waals surface area contributed by atoms with Crippen molar-refractivity contribution in [1.82, 2.24) is 0 Å². The van der Waals surface area contributed by atoms with Crippen molar-refractivity contribution in [3.63, 3.8) is 0 Å². The van der Waals surface area contributed by atoms with Crippen LogP contribution in [0.15, 0.2) is 30.3 Å². The molecule has 0 radical (unpaired) electrons. The molecule has 108 valence electrons. The second-order valence-electron chi connectivity index (χ2n) is 4.57. The van der Waals surface area contributed by atoms with Gasteiger partial charge in [-0.3, -0.25) is 0 Å². The number of nitrogens with two attached hydrogens (primary N) is 1. The summed E-state index contributed by atoms with van der Waals surface area (Å²) in [4.78, 5) is 0. The topological polar surface area (TPSA) is 68.3 Å². The first-order chi connectivity index (χ1) is 10.0. The zero-order valence-corrected chi connectivity index (χ0v) is 11.8. The minimum atomic E-state index is -0.507. The molecule has 5 heteroatoms. The van der Waals surface area contributed by atoms with Crippen molar-refractivity contribution in [3.05, 3.63) is 52.8 Å². The van der Waals surface area contributed by atoms with Crippen LogP contribution in [0.4, 0.5) is 10.1 Å². The molecule has 0 spiro atoms. The summed E-state index contributed by atoms with van der Waals surface area (Å²) in [6.45, 7) is 1.93. The molecule has 0 aliphatic rings. The van der Waals surface area contributed by atoms with E-state index in [0.717, 1.165) is 11.1 Å². The van der Waals surface area contributed by atoms with Crippen LogP contribution in [0.3, 0.4) is 0 Å². The van der Waals surface area contributed by atoms with Crippen molar-refractivity contribution in [3.8, 4) is 17.6 Å². The van der Waals surface area contributed by atoms with Crippen LogP contribution < -0.4 is 15.2 Å². The van der Waals surface area contributed by atoms with E-state index in [0.29, 0.717) is 17.0 Å². The fourth-order valence-corrected chi connectivity index (χ4v) is 1.87. The highest BCUT2D eigenvalue weighted by molar-refractivity contribution is 5.50. The second-order valence-corrected chi connectivity index (χ2v) is 4.57. The third kappa shape index (κ3) is 3.23. The van der Waals surface area contributed by atoms with E-state index in [1.165, 1.54) is 13.2 Å². The monoisotopic (exact) mass is 286 g/mol. The molecule has 0 aliphatic carbocycles. The van der Waals surface area contributed by atoms with Gasteiger partial charge in [0.25, 0.3) is 0 Å². The Bertz CT molecular complexity index is 708. The number of methoxy groups -OCH3 is 1. The number of halogens is 1. The molecule has 0 fully saturated rings. The van der Waals surface area contributed by atoms with Crippen LogP contribution in [0.25, 0.3) is 0 Å². The average Bonchev–Trinajstić information content (AvgIpc) is 2.49. The van der Waals surface area contributed by atoms with E-state index in [9.17, 15) is 4.39 Å². The van der Waals surface area contributed by atoms with Gasteiger partial charge >= 0.3 is 0 Å². The number of rotatable bonds is 4. The molecule has 2 N–H and O–H groups in total. The first-order valence-electron chi connectivity index (χ1n) is 6.30. The molecule has 0 unspecified atom stereocenters. The first kappa shape index (κ1) is 14.7. The SMILES string of the molecule is COc1ccc(COc2cc(C)c(N)cc2F)cc1C#N. The number of benzene rings is 2. The Balaban J connectivity index is 2.17. The summed E-state index contributed by atoms with van der Waals surface area (Å²) in [5.41, 5.74) is 7.92. The highest BCUT2D eigenvalue weighted by Gasteiger charge is 2.08. The van der Waals surface area contributed by atoms with E-state index in [1.54, 1.807) is 31.2 Å². The predicted octanol–water partition coefficient (Wildman–Crippen LogP) is 3.18. The highest BCUT2D eigenvalue weighted by Crippen LogP contribution is 2.25. The summed E-state index contributed by atoms with van der Waals surface area (Å²) in [7, 11) is 1.50. The molecule has 4 nitrogen and oxygen atoms in total. The molecule has 0 heterocycles. The zero-order chi connectivity index (χ0) is 15.4. The number of ether oxygens (including phenoxy) is 2. The van der Waals surface area contributed by atoms with Crippen LogP contribution in [-0.2, 0) is 6.61 Å². The van der Waals surface area contributed by atoms with Gasteiger partial charge < -0.3 is 15.2 Å². The van der Waals surface area contributed by atoms with Gasteiger partial charge in [0.1, 0.15) is 18.4 Å². The molecular formula is C16H15FN2O2. The summed E-state index contributed by atoms with van der Waals surface area (Å²) in [5, 5.41) is 9.03. The van der Waals surface area contributed by atoms with Gasteiger partial charge in [0.05, 0.1) is 12.7 Å². The van der Waals surface area contributed by atoms with Crippen LogP contribution in [0.5, 0.6) is 11.5 Å². The number of nitriles is 1. The Morgan fingerprint density at radius 3 is 2.67 bits per heavy atom. The van der Waals surface area contributed by atoms with Crippen molar-refractivity contribution >= 4 is 5.69 Å². The fourth-order valence-electron chi connectivity index (χ4n) is 1.87. The molecule has 0 bridgehead atoms. The first-order valence-corrected chi connectivity index (χ1v) is 6.30. The average molecular weight is 286 g/mol. The lowest BCUT2D eigenvalue weighted by atomic mass is 10.1. The molecule has 0 aromatic heterocycles. The summed E-state index contributed by atoms with van der Waals surface area (Å²) in [6, 6.07) is 9.93. The summed E-state index contributed by atoms with van der Waals surface area (Å²) < 4.78 is 24.2. The largest absolute Gasteiger partial charge is 0.495 e. The Morgan fingerprint density at radius 2 is 2.00 bits per heavy atom. The van der Waals surface area contributed by atoms with Crippen molar-refractivity contribution in [1.29, 1.82) is 5.26 Å². The molecule has 2 aromatic rings. The number of aryl methyl sites for hydroxylation is 1. The lowest BCUT2D eigenvalue weighted by molar-refractivity contribution is 0.290. The number of nitrogen functional groups attached to an aromatic ring is 1. The molecule has 0 atom stereocenters. The molecule has 0 amide bonds. The van der Waals surface area contributed by atoms with Crippen LogP contribution in [0.1, 0.15) is 16.7 Å². The maximum atomic E-state index is 13.7. The van der Waals surface area contributed by atoms with Crippen molar-refractivity contribution in [2.75, 3.05) is 12.8 Å². The lowest BCUT2D eigenvalue weighted by Gasteiger charge is -2.10. The number of hydrogen-bond acceptors (Lipinski definition) is 4. The molecule has 2 aromatic carbocycles. The Kier molecular flexibility index (Phi) is 4.29. The van der Waals surface area contributed by atoms with E-state index < -0.39 is 5.82 Å². The van der Waals surface area contributed by atoms with Crippen LogP contribution in [-0.4, -0.2) is 7.11 Å². The normalized spacial score (nSPS) is 10.0. The van der Waals surface area contributed by atoms with Crippen molar-refractivity contribution in [2.24, 2.45) is 0 Å². The number of anilines is 1.